The van der Waals surface area contributed by atoms with Crippen LogP contribution in [-0.4, -0.2) is 30.7 Å². The highest BCUT2D eigenvalue weighted by atomic mass is 35.5. The van der Waals surface area contributed by atoms with E-state index < -0.39 is 0 Å². The zero-order valence-electron chi connectivity index (χ0n) is 12.7. The molecule has 0 aromatic carbocycles. The summed E-state index contributed by atoms with van der Waals surface area (Å²) in [5, 5.41) is 11.8. The SMILES string of the molecule is CC[C@H]1CC[C@@H](O)[C@@H]1n1cnc2c3[nH]c(C)cc3c(Cl)nc21. The van der Waals surface area contributed by atoms with E-state index in [1.165, 1.54) is 0 Å². The minimum absolute atomic E-state index is 0.0343. The first-order chi connectivity index (χ1) is 10.6. The highest BCUT2D eigenvalue weighted by Crippen LogP contribution is 2.40. The third-order valence-corrected chi connectivity index (χ3v) is 5.23. The van der Waals surface area contributed by atoms with Crippen molar-refractivity contribution in [2.75, 3.05) is 0 Å². The van der Waals surface area contributed by atoms with Crippen molar-refractivity contribution in [3.05, 3.63) is 23.2 Å². The normalized spacial score (nSPS) is 25.5. The predicted octanol–water partition coefficient (Wildman–Crippen LogP) is 3.60. The van der Waals surface area contributed by atoms with Gasteiger partial charge in [0, 0.05) is 11.1 Å². The van der Waals surface area contributed by atoms with E-state index in [9.17, 15) is 5.11 Å². The molecule has 116 valence electrons. The summed E-state index contributed by atoms with van der Waals surface area (Å²) >= 11 is 6.36. The van der Waals surface area contributed by atoms with Crippen molar-refractivity contribution in [3.63, 3.8) is 0 Å². The Labute approximate surface area is 133 Å². The lowest BCUT2D eigenvalue weighted by molar-refractivity contribution is 0.123. The predicted molar refractivity (Wildman–Crippen MR) is 87.2 cm³/mol. The molecule has 4 rings (SSSR count). The van der Waals surface area contributed by atoms with Gasteiger partial charge in [-0.25, -0.2) is 9.97 Å². The first kappa shape index (κ1) is 14.0. The molecule has 1 saturated carbocycles. The molecule has 3 aromatic heterocycles. The molecule has 0 aliphatic heterocycles. The summed E-state index contributed by atoms with van der Waals surface area (Å²) in [7, 11) is 0. The van der Waals surface area contributed by atoms with Gasteiger partial charge in [0.2, 0.25) is 0 Å². The monoisotopic (exact) mass is 318 g/mol. The lowest BCUT2D eigenvalue weighted by atomic mass is 10.00. The second-order valence-corrected chi connectivity index (χ2v) is 6.63. The third-order valence-electron chi connectivity index (χ3n) is 4.94. The Morgan fingerprint density at radius 3 is 3.05 bits per heavy atom. The Kier molecular flexibility index (Phi) is 3.16. The summed E-state index contributed by atoms with van der Waals surface area (Å²) in [6.07, 6.45) is 4.37. The molecule has 3 atom stereocenters. The fourth-order valence-electron chi connectivity index (χ4n) is 3.85. The van der Waals surface area contributed by atoms with Gasteiger partial charge in [-0.3, -0.25) is 0 Å². The molecule has 6 heteroatoms. The number of aliphatic hydroxyl groups excluding tert-OH is 1. The number of H-pyrrole nitrogens is 1. The van der Waals surface area contributed by atoms with Gasteiger partial charge in [0.05, 0.1) is 24.0 Å². The van der Waals surface area contributed by atoms with E-state index in [1.807, 2.05) is 17.6 Å². The van der Waals surface area contributed by atoms with Crippen LogP contribution in [-0.2, 0) is 0 Å². The number of aryl methyl sites for hydroxylation is 1. The second-order valence-electron chi connectivity index (χ2n) is 6.27. The van der Waals surface area contributed by atoms with E-state index in [0.717, 1.165) is 47.0 Å². The first-order valence-electron chi connectivity index (χ1n) is 7.79. The third kappa shape index (κ3) is 1.88. The van der Waals surface area contributed by atoms with Gasteiger partial charge < -0.3 is 14.7 Å². The number of nitrogens with one attached hydrogen (secondary N) is 1. The largest absolute Gasteiger partial charge is 0.391 e. The number of aromatic amines is 1. The Balaban J connectivity index is 1.96. The Hall–Kier alpha value is -1.59. The van der Waals surface area contributed by atoms with Gasteiger partial charge in [0.25, 0.3) is 0 Å². The lowest BCUT2D eigenvalue weighted by Gasteiger charge is -2.23. The molecule has 22 heavy (non-hydrogen) atoms. The van der Waals surface area contributed by atoms with E-state index in [4.69, 9.17) is 11.6 Å². The number of fused-ring (bicyclic) bond motifs is 3. The van der Waals surface area contributed by atoms with Gasteiger partial charge in [-0.2, -0.15) is 0 Å². The van der Waals surface area contributed by atoms with Crippen molar-refractivity contribution in [2.45, 2.75) is 45.3 Å². The van der Waals surface area contributed by atoms with Crippen LogP contribution in [0.3, 0.4) is 0 Å². The number of nitrogens with zero attached hydrogens (tertiary/aromatic N) is 3. The number of hydrogen-bond acceptors (Lipinski definition) is 3. The van der Waals surface area contributed by atoms with Crippen molar-refractivity contribution in [1.29, 1.82) is 0 Å². The van der Waals surface area contributed by atoms with Crippen LogP contribution in [0.5, 0.6) is 0 Å². The average molecular weight is 319 g/mol. The molecule has 3 aromatic rings. The molecule has 0 bridgehead atoms. The van der Waals surface area contributed by atoms with Crippen LogP contribution in [0.2, 0.25) is 5.15 Å². The van der Waals surface area contributed by atoms with Gasteiger partial charge in [-0.05, 0) is 31.7 Å². The van der Waals surface area contributed by atoms with E-state index in [2.05, 4.69) is 21.9 Å². The Bertz CT molecular complexity index is 853. The molecule has 0 amide bonds. The maximum atomic E-state index is 10.4. The molecular weight excluding hydrogens is 300 g/mol. The summed E-state index contributed by atoms with van der Waals surface area (Å²) in [6.45, 7) is 4.16. The van der Waals surface area contributed by atoms with Crippen molar-refractivity contribution in [1.82, 2.24) is 19.5 Å². The molecule has 2 N–H and O–H groups in total. The molecule has 1 fully saturated rings. The van der Waals surface area contributed by atoms with Crippen LogP contribution in [0, 0.1) is 12.8 Å². The summed E-state index contributed by atoms with van der Waals surface area (Å²) in [5.74, 6) is 0.453. The standard InChI is InChI=1S/C16H19ClN4O/c1-3-9-4-5-11(22)14(9)21-7-18-13-12-10(6-8(2)19-12)15(17)20-16(13)21/h6-7,9,11,14,19,22H,3-5H2,1-2H3/t9-,11+,14+/m0/s1. The van der Waals surface area contributed by atoms with Crippen LogP contribution in [0.4, 0.5) is 0 Å². The van der Waals surface area contributed by atoms with Gasteiger partial charge >= 0.3 is 0 Å². The zero-order chi connectivity index (χ0) is 15.4. The topological polar surface area (TPSA) is 66.7 Å². The van der Waals surface area contributed by atoms with E-state index in [1.54, 1.807) is 6.33 Å². The summed E-state index contributed by atoms with van der Waals surface area (Å²) in [5.41, 5.74) is 3.53. The van der Waals surface area contributed by atoms with Crippen molar-refractivity contribution in [2.24, 2.45) is 5.92 Å². The highest BCUT2D eigenvalue weighted by molar-refractivity contribution is 6.35. The van der Waals surface area contributed by atoms with Crippen molar-refractivity contribution < 1.29 is 5.11 Å². The molecule has 0 unspecified atom stereocenters. The van der Waals surface area contributed by atoms with Crippen molar-refractivity contribution >= 4 is 33.7 Å². The fourth-order valence-corrected chi connectivity index (χ4v) is 4.08. The summed E-state index contributed by atoms with van der Waals surface area (Å²) in [4.78, 5) is 12.4. The number of aliphatic hydroxyl groups is 1. The smallest absolute Gasteiger partial charge is 0.164 e. The number of imidazole rings is 1. The number of rotatable bonds is 2. The van der Waals surface area contributed by atoms with Gasteiger partial charge in [-0.15, -0.1) is 0 Å². The van der Waals surface area contributed by atoms with Crippen LogP contribution in [0.25, 0.3) is 22.1 Å². The van der Waals surface area contributed by atoms with E-state index in [-0.39, 0.29) is 12.1 Å². The molecular formula is C16H19ClN4O. The molecule has 0 radical (unpaired) electrons. The maximum Gasteiger partial charge on any atom is 0.164 e. The summed E-state index contributed by atoms with van der Waals surface area (Å²) < 4.78 is 2.02. The van der Waals surface area contributed by atoms with Crippen molar-refractivity contribution in [3.8, 4) is 0 Å². The first-order valence-corrected chi connectivity index (χ1v) is 8.17. The Morgan fingerprint density at radius 2 is 2.27 bits per heavy atom. The Morgan fingerprint density at radius 1 is 1.45 bits per heavy atom. The van der Waals surface area contributed by atoms with E-state index >= 15 is 0 Å². The fraction of sp³-hybridized carbons (Fsp3) is 0.500. The lowest BCUT2D eigenvalue weighted by Crippen LogP contribution is -2.23. The van der Waals surface area contributed by atoms with E-state index in [0.29, 0.717) is 11.1 Å². The minimum Gasteiger partial charge on any atom is -0.391 e. The molecule has 5 nitrogen and oxygen atoms in total. The van der Waals surface area contributed by atoms with Crippen LogP contribution in [0.1, 0.15) is 37.9 Å². The zero-order valence-corrected chi connectivity index (χ0v) is 13.4. The second kappa shape index (κ2) is 4.96. The van der Waals surface area contributed by atoms with Crippen LogP contribution >= 0.6 is 11.6 Å². The average Bonchev–Trinajstić information content (AvgIpc) is 3.15. The quantitative estimate of drug-likeness (QED) is 0.709. The minimum atomic E-state index is -0.344. The highest BCUT2D eigenvalue weighted by Gasteiger charge is 2.36. The van der Waals surface area contributed by atoms with Crippen LogP contribution in [0.15, 0.2) is 12.4 Å². The maximum absolute atomic E-state index is 10.4. The molecule has 0 saturated heterocycles. The molecule has 1 aliphatic carbocycles. The molecule has 1 aliphatic rings. The summed E-state index contributed by atoms with van der Waals surface area (Å²) in [6, 6.07) is 2.02. The molecule has 0 spiro atoms. The number of hydrogen-bond donors (Lipinski definition) is 2. The van der Waals surface area contributed by atoms with Gasteiger partial charge in [0.15, 0.2) is 5.65 Å². The number of aromatic nitrogens is 4. The van der Waals surface area contributed by atoms with Gasteiger partial charge in [0.1, 0.15) is 10.7 Å². The number of pyridine rings is 1. The number of halogens is 1. The molecule has 3 heterocycles. The van der Waals surface area contributed by atoms with Crippen LogP contribution < -0.4 is 0 Å². The van der Waals surface area contributed by atoms with Gasteiger partial charge in [-0.1, -0.05) is 24.9 Å².